The number of fused-ring (bicyclic) bond motifs is 1. The van der Waals surface area contributed by atoms with Gasteiger partial charge in [-0.1, -0.05) is 12.1 Å². The van der Waals surface area contributed by atoms with Gasteiger partial charge in [-0.25, -0.2) is 0 Å². The first kappa shape index (κ1) is 11.2. The van der Waals surface area contributed by atoms with Crippen LogP contribution in [0.25, 0.3) is 0 Å². The second-order valence-electron chi connectivity index (χ2n) is 3.51. The predicted molar refractivity (Wildman–Crippen MR) is 58.5 cm³/mol. The fourth-order valence-electron chi connectivity index (χ4n) is 1.82. The highest BCUT2D eigenvalue weighted by Gasteiger charge is 2.29. The highest BCUT2D eigenvalue weighted by Crippen LogP contribution is 2.34. The number of aldehydes is 1. The second-order valence-corrected chi connectivity index (χ2v) is 3.51. The maximum absolute atomic E-state index is 11.4. The molecule has 17 heavy (non-hydrogen) atoms. The standard InChI is InChI=1S/C10H9N3O4/c14-4-8(15)10-6-2-1-3-7(13(16)17)9(6)11-5-12-10/h1-4,10-12H,5H2. The van der Waals surface area contributed by atoms with Crippen LogP contribution in [0.5, 0.6) is 0 Å². The number of nitro groups is 1. The van der Waals surface area contributed by atoms with E-state index in [4.69, 9.17) is 0 Å². The Morgan fingerprint density at radius 2 is 2.29 bits per heavy atom. The van der Waals surface area contributed by atoms with E-state index in [0.29, 0.717) is 5.56 Å². The average Bonchev–Trinajstić information content (AvgIpc) is 2.36. The number of nitro benzene ring substituents is 1. The van der Waals surface area contributed by atoms with Crippen LogP contribution in [0.3, 0.4) is 0 Å². The van der Waals surface area contributed by atoms with Crippen molar-refractivity contribution in [3.05, 3.63) is 33.9 Å². The van der Waals surface area contributed by atoms with E-state index in [1.807, 2.05) is 0 Å². The summed E-state index contributed by atoms with van der Waals surface area (Å²) in [6, 6.07) is 3.59. The number of ketones is 1. The molecule has 0 bridgehead atoms. The van der Waals surface area contributed by atoms with E-state index in [1.54, 1.807) is 6.07 Å². The van der Waals surface area contributed by atoms with E-state index in [1.165, 1.54) is 12.1 Å². The Balaban J connectivity index is 2.53. The van der Waals surface area contributed by atoms with E-state index in [-0.39, 0.29) is 24.3 Å². The van der Waals surface area contributed by atoms with Crippen molar-refractivity contribution in [2.75, 3.05) is 12.0 Å². The van der Waals surface area contributed by atoms with Gasteiger partial charge >= 0.3 is 0 Å². The lowest BCUT2D eigenvalue weighted by molar-refractivity contribution is -0.384. The summed E-state index contributed by atoms with van der Waals surface area (Å²) in [4.78, 5) is 32.2. The predicted octanol–water partition coefficient (Wildman–Crippen LogP) is 0.376. The number of Topliss-reactive ketones (excluding diaryl/α,β-unsaturated/α-hetero) is 1. The van der Waals surface area contributed by atoms with Gasteiger partial charge in [0.2, 0.25) is 5.78 Å². The van der Waals surface area contributed by atoms with Gasteiger partial charge in [-0.05, 0) is 0 Å². The molecule has 0 aromatic heterocycles. The molecule has 2 rings (SSSR count). The van der Waals surface area contributed by atoms with Crippen molar-refractivity contribution in [3.63, 3.8) is 0 Å². The van der Waals surface area contributed by atoms with Gasteiger partial charge in [0.1, 0.15) is 11.7 Å². The molecule has 1 heterocycles. The summed E-state index contributed by atoms with van der Waals surface area (Å²) in [6.07, 6.45) is 0.214. The van der Waals surface area contributed by atoms with Gasteiger partial charge < -0.3 is 5.32 Å². The van der Waals surface area contributed by atoms with Crippen LogP contribution in [0, 0.1) is 10.1 Å². The van der Waals surface area contributed by atoms with E-state index >= 15 is 0 Å². The van der Waals surface area contributed by atoms with E-state index in [9.17, 15) is 19.7 Å². The number of anilines is 1. The molecule has 0 saturated carbocycles. The van der Waals surface area contributed by atoms with E-state index < -0.39 is 16.7 Å². The van der Waals surface area contributed by atoms with Crippen molar-refractivity contribution < 1.29 is 14.5 Å². The number of para-hydroxylation sites is 1. The minimum atomic E-state index is -0.816. The molecule has 1 unspecified atom stereocenters. The van der Waals surface area contributed by atoms with Crippen LogP contribution in [0.2, 0.25) is 0 Å². The Bertz CT molecular complexity index is 500. The molecule has 7 heteroatoms. The molecule has 0 saturated heterocycles. The van der Waals surface area contributed by atoms with Crippen molar-refractivity contribution >= 4 is 23.4 Å². The summed E-state index contributed by atoms with van der Waals surface area (Å²) in [7, 11) is 0. The number of nitrogens with zero attached hydrogens (tertiary/aromatic N) is 1. The zero-order chi connectivity index (χ0) is 12.4. The first-order valence-electron chi connectivity index (χ1n) is 4.88. The van der Waals surface area contributed by atoms with Gasteiger partial charge in [0, 0.05) is 11.6 Å². The van der Waals surface area contributed by atoms with Gasteiger partial charge in [-0.2, -0.15) is 0 Å². The molecule has 0 radical (unpaired) electrons. The van der Waals surface area contributed by atoms with Crippen LogP contribution in [-0.4, -0.2) is 23.7 Å². The summed E-state index contributed by atoms with van der Waals surface area (Å²) in [5.41, 5.74) is 0.603. The van der Waals surface area contributed by atoms with Crippen LogP contribution in [0.15, 0.2) is 18.2 Å². The summed E-state index contributed by atoms with van der Waals surface area (Å²) >= 11 is 0. The summed E-state index contributed by atoms with van der Waals surface area (Å²) in [5.74, 6) is -0.645. The quantitative estimate of drug-likeness (QED) is 0.340. The molecule has 1 aliphatic heterocycles. The first-order valence-corrected chi connectivity index (χ1v) is 4.88. The molecule has 0 spiro atoms. The Hall–Kier alpha value is -2.28. The van der Waals surface area contributed by atoms with Gasteiger partial charge in [0.15, 0.2) is 6.29 Å². The fourth-order valence-corrected chi connectivity index (χ4v) is 1.82. The third-order valence-corrected chi connectivity index (χ3v) is 2.55. The lowest BCUT2D eigenvalue weighted by Crippen LogP contribution is -2.38. The second kappa shape index (κ2) is 4.30. The van der Waals surface area contributed by atoms with Crippen LogP contribution >= 0.6 is 0 Å². The van der Waals surface area contributed by atoms with Crippen LogP contribution in [0.4, 0.5) is 11.4 Å². The molecule has 1 aromatic carbocycles. The zero-order valence-corrected chi connectivity index (χ0v) is 8.67. The smallest absolute Gasteiger partial charge is 0.292 e. The molecule has 1 atom stereocenters. The maximum atomic E-state index is 11.4. The summed E-state index contributed by atoms with van der Waals surface area (Å²) in [5, 5.41) is 16.4. The number of benzene rings is 1. The van der Waals surface area contributed by atoms with E-state index in [0.717, 1.165) is 0 Å². The minimum absolute atomic E-state index is 0.104. The molecular formula is C10H9N3O4. The maximum Gasteiger partial charge on any atom is 0.292 e. The summed E-state index contributed by atoms with van der Waals surface area (Å²) in [6.45, 7) is 0.197. The molecule has 0 fully saturated rings. The fraction of sp³-hybridized carbons (Fsp3) is 0.200. The number of rotatable bonds is 3. The first-order chi connectivity index (χ1) is 8.15. The zero-order valence-electron chi connectivity index (χ0n) is 8.67. The SMILES string of the molecule is O=CC(=O)C1NCNc2c1cccc2[N+](=O)[O-]. The average molecular weight is 235 g/mol. The third-order valence-electron chi connectivity index (χ3n) is 2.55. The molecule has 7 nitrogen and oxygen atoms in total. The Labute approximate surface area is 96.0 Å². The molecule has 88 valence electrons. The van der Waals surface area contributed by atoms with Crippen LogP contribution in [-0.2, 0) is 9.59 Å². The summed E-state index contributed by atoms with van der Waals surface area (Å²) < 4.78 is 0. The molecule has 0 aliphatic carbocycles. The van der Waals surface area contributed by atoms with Crippen molar-refractivity contribution in [2.24, 2.45) is 0 Å². The highest BCUT2D eigenvalue weighted by molar-refractivity contribution is 6.27. The van der Waals surface area contributed by atoms with Crippen LogP contribution in [0.1, 0.15) is 11.6 Å². The van der Waals surface area contributed by atoms with Crippen molar-refractivity contribution in [1.82, 2.24) is 5.32 Å². The molecular weight excluding hydrogens is 226 g/mol. The molecule has 1 aromatic rings. The lowest BCUT2D eigenvalue weighted by Gasteiger charge is -2.25. The molecule has 1 aliphatic rings. The van der Waals surface area contributed by atoms with Crippen molar-refractivity contribution in [3.8, 4) is 0 Å². The van der Waals surface area contributed by atoms with Gasteiger partial charge in [-0.3, -0.25) is 25.0 Å². The third kappa shape index (κ3) is 1.87. The number of carbonyl (C=O) groups excluding carboxylic acids is 2. The number of hydrogen-bond acceptors (Lipinski definition) is 6. The molecule has 0 amide bonds. The number of nitrogens with one attached hydrogen (secondary N) is 2. The van der Waals surface area contributed by atoms with Gasteiger partial charge in [0.25, 0.3) is 5.69 Å². The largest absolute Gasteiger partial charge is 0.367 e. The molecule has 2 N–H and O–H groups in total. The van der Waals surface area contributed by atoms with Gasteiger partial charge in [0.05, 0.1) is 11.6 Å². The van der Waals surface area contributed by atoms with E-state index in [2.05, 4.69) is 10.6 Å². The Kier molecular flexibility index (Phi) is 2.84. The van der Waals surface area contributed by atoms with Crippen molar-refractivity contribution in [1.29, 1.82) is 0 Å². The number of hydrogen-bond donors (Lipinski definition) is 2. The van der Waals surface area contributed by atoms with Crippen LogP contribution < -0.4 is 10.6 Å². The highest BCUT2D eigenvalue weighted by atomic mass is 16.6. The van der Waals surface area contributed by atoms with Crippen molar-refractivity contribution in [2.45, 2.75) is 6.04 Å². The topological polar surface area (TPSA) is 101 Å². The number of carbonyl (C=O) groups is 2. The minimum Gasteiger partial charge on any atom is -0.367 e. The van der Waals surface area contributed by atoms with Gasteiger partial charge in [-0.15, -0.1) is 0 Å². The Morgan fingerprint density at radius 3 is 2.94 bits per heavy atom. The monoisotopic (exact) mass is 235 g/mol. The Morgan fingerprint density at radius 1 is 1.53 bits per heavy atom. The normalized spacial score (nSPS) is 17.8. The lowest BCUT2D eigenvalue weighted by atomic mass is 9.98.